The van der Waals surface area contributed by atoms with Crippen LogP contribution in [0, 0.1) is 12.8 Å². The van der Waals surface area contributed by atoms with Crippen LogP contribution in [-0.2, 0) is 20.6 Å². The number of carbonyl (C=O) groups is 1. The van der Waals surface area contributed by atoms with Crippen LogP contribution in [0.3, 0.4) is 0 Å². The molecule has 6 heteroatoms. The molecule has 2 N–H and O–H groups in total. The van der Waals surface area contributed by atoms with E-state index in [0.717, 1.165) is 18.7 Å². The number of carbonyl (C=O) groups excluding carboxylic acids is 1. The molecule has 0 aromatic heterocycles. The van der Waals surface area contributed by atoms with Gasteiger partial charge in [0.1, 0.15) is 0 Å². The van der Waals surface area contributed by atoms with Crippen molar-refractivity contribution < 1.29 is 13.2 Å². The monoisotopic (exact) mass is 296 g/mol. The number of hydrogen-bond donors (Lipinski definition) is 2. The van der Waals surface area contributed by atoms with E-state index in [1.807, 2.05) is 19.1 Å². The Bertz CT molecular complexity index is 561. The largest absolute Gasteiger partial charge is 0.317 e. The van der Waals surface area contributed by atoms with E-state index in [9.17, 15) is 13.2 Å². The van der Waals surface area contributed by atoms with Gasteiger partial charge in [0, 0.05) is 5.92 Å². The molecular weight excluding hydrogens is 276 g/mol. The van der Waals surface area contributed by atoms with Crippen molar-refractivity contribution in [3.63, 3.8) is 0 Å². The molecule has 1 fully saturated rings. The lowest BCUT2D eigenvalue weighted by atomic mass is 9.98. The van der Waals surface area contributed by atoms with Crippen molar-refractivity contribution in [2.45, 2.75) is 25.5 Å². The molecule has 5 nitrogen and oxygen atoms in total. The Kier molecular flexibility index (Phi) is 4.77. The number of benzene rings is 1. The SMILES string of the molecule is Cc1ccc(CS(=O)(=O)NC(=O)C2CCNCC2)cc1. The second-order valence-corrected chi connectivity index (χ2v) is 6.96. The molecule has 1 saturated heterocycles. The Labute approximate surface area is 119 Å². The maximum atomic E-state index is 12.0. The first-order valence-electron chi connectivity index (χ1n) is 6.77. The van der Waals surface area contributed by atoms with E-state index in [4.69, 9.17) is 0 Å². The number of piperidine rings is 1. The summed E-state index contributed by atoms with van der Waals surface area (Å²) >= 11 is 0. The van der Waals surface area contributed by atoms with Crippen LogP contribution in [0.5, 0.6) is 0 Å². The highest BCUT2D eigenvalue weighted by Gasteiger charge is 2.24. The van der Waals surface area contributed by atoms with Crippen molar-refractivity contribution in [1.29, 1.82) is 0 Å². The van der Waals surface area contributed by atoms with Gasteiger partial charge in [-0.2, -0.15) is 0 Å². The first kappa shape index (κ1) is 15.0. The summed E-state index contributed by atoms with van der Waals surface area (Å²) in [5.74, 6) is -0.744. The van der Waals surface area contributed by atoms with Gasteiger partial charge < -0.3 is 5.32 Å². The first-order valence-corrected chi connectivity index (χ1v) is 8.42. The second kappa shape index (κ2) is 6.37. The summed E-state index contributed by atoms with van der Waals surface area (Å²) < 4.78 is 26.2. The number of nitrogens with one attached hydrogen (secondary N) is 2. The second-order valence-electron chi connectivity index (χ2n) is 5.24. The molecule has 2 rings (SSSR count). The van der Waals surface area contributed by atoms with Crippen molar-refractivity contribution in [3.05, 3.63) is 35.4 Å². The fourth-order valence-electron chi connectivity index (χ4n) is 2.26. The number of sulfonamides is 1. The molecule has 1 aliphatic heterocycles. The minimum Gasteiger partial charge on any atom is -0.317 e. The van der Waals surface area contributed by atoms with Crippen LogP contribution in [0.25, 0.3) is 0 Å². The van der Waals surface area contributed by atoms with E-state index in [1.165, 1.54) is 0 Å². The van der Waals surface area contributed by atoms with Crippen molar-refractivity contribution in [3.8, 4) is 0 Å². The van der Waals surface area contributed by atoms with Crippen molar-refractivity contribution in [1.82, 2.24) is 10.0 Å². The van der Waals surface area contributed by atoms with E-state index in [-0.39, 0.29) is 17.6 Å². The predicted molar refractivity (Wildman–Crippen MR) is 77.5 cm³/mol. The molecule has 0 aliphatic carbocycles. The van der Waals surface area contributed by atoms with Crippen LogP contribution in [0.1, 0.15) is 24.0 Å². The molecule has 0 atom stereocenters. The number of hydrogen-bond acceptors (Lipinski definition) is 4. The molecular formula is C14H20N2O3S. The van der Waals surface area contributed by atoms with Gasteiger partial charge in [-0.15, -0.1) is 0 Å². The predicted octanol–water partition coefficient (Wildman–Crippen LogP) is 0.941. The quantitative estimate of drug-likeness (QED) is 0.867. The topological polar surface area (TPSA) is 75.3 Å². The molecule has 0 saturated carbocycles. The summed E-state index contributed by atoms with van der Waals surface area (Å²) in [5.41, 5.74) is 1.76. The van der Waals surface area contributed by atoms with Crippen LogP contribution in [-0.4, -0.2) is 27.4 Å². The summed E-state index contributed by atoms with van der Waals surface area (Å²) in [6.07, 6.45) is 1.37. The summed E-state index contributed by atoms with van der Waals surface area (Å²) in [6.45, 7) is 3.46. The zero-order chi connectivity index (χ0) is 14.6. The molecule has 1 aromatic rings. The van der Waals surface area contributed by atoms with Gasteiger partial charge in [0.15, 0.2) is 0 Å². The molecule has 0 bridgehead atoms. The third-order valence-electron chi connectivity index (χ3n) is 3.44. The zero-order valence-corrected chi connectivity index (χ0v) is 12.4. The molecule has 1 amide bonds. The maximum absolute atomic E-state index is 12.0. The van der Waals surface area contributed by atoms with Gasteiger partial charge in [-0.25, -0.2) is 8.42 Å². The minimum absolute atomic E-state index is 0.163. The number of amides is 1. The van der Waals surface area contributed by atoms with Crippen LogP contribution in [0.2, 0.25) is 0 Å². The van der Waals surface area contributed by atoms with Gasteiger partial charge in [0.25, 0.3) is 0 Å². The van der Waals surface area contributed by atoms with Gasteiger partial charge in [-0.1, -0.05) is 29.8 Å². The van der Waals surface area contributed by atoms with Crippen LogP contribution in [0.4, 0.5) is 0 Å². The molecule has 110 valence electrons. The van der Waals surface area contributed by atoms with E-state index in [1.54, 1.807) is 12.1 Å². The number of rotatable bonds is 4. The van der Waals surface area contributed by atoms with Crippen molar-refractivity contribution in [2.75, 3.05) is 13.1 Å². The number of aryl methyl sites for hydroxylation is 1. The van der Waals surface area contributed by atoms with E-state index in [0.29, 0.717) is 18.4 Å². The Hall–Kier alpha value is -1.40. The third kappa shape index (κ3) is 4.31. The van der Waals surface area contributed by atoms with E-state index >= 15 is 0 Å². The standard InChI is InChI=1S/C14H20N2O3S/c1-11-2-4-12(5-3-11)10-20(18,19)16-14(17)13-6-8-15-9-7-13/h2-5,13,15H,6-10H2,1H3,(H,16,17). The lowest BCUT2D eigenvalue weighted by Gasteiger charge is -2.21. The van der Waals surface area contributed by atoms with Gasteiger partial charge in [0.2, 0.25) is 15.9 Å². The highest BCUT2D eigenvalue weighted by molar-refractivity contribution is 7.89. The summed E-state index contributed by atoms with van der Waals surface area (Å²) in [5, 5.41) is 3.15. The van der Waals surface area contributed by atoms with Crippen LogP contribution < -0.4 is 10.0 Å². The zero-order valence-electron chi connectivity index (χ0n) is 11.6. The normalized spacial score (nSPS) is 16.9. The molecule has 1 heterocycles. The lowest BCUT2D eigenvalue weighted by molar-refractivity contribution is -0.123. The van der Waals surface area contributed by atoms with E-state index in [2.05, 4.69) is 10.0 Å². The molecule has 1 aromatic carbocycles. The Morgan fingerprint density at radius 1 is 1.25 bits per heavy atom. The van der Waals surface area contributed by atoms with Gasteiger partial charge >= 0.3 is 0 Å². The van der Waals surface area contributed by atoms with Gasteiger partial charge in [-0.3, -0.25) is 9.52 Å². The van der Waals surface area contributed by atoms with Crippen LogP contribution in [0.15, 0.2) is 24.3 Å². The minimum atomic E-state index is -3.62. The third-order valence-corrected chi connectivity index (χ3v) is 4.67. The van der Waals surface area contributed by atoms with E-state index < -0.39 is 10.0 Å². The van der Waals surface area contributed by atoms with Gasteiger partial charge in [-0.05, 0) is 38.4 Å². The average molecular weight is 296 g/mol. The van der Waals surface area contributed by atoms with Gasteiger partial charge in [0.05, 0.1) is 5.75 Å². The summed E-state index contributed by atoms with van der Waals surface area (Å²) in [6, 6.07) is 7.26. The van der Waals surface area contributed by atoms with Crippen LogP contribution >= 0.6 is 0 Å². The molecule has 0 spiro atoms. The molecule has 1 aliphatic rings. The van der Waals surface area contributed by atoms with Crippen molar-refractivity contribution in [2.24, 2.45) is 5.92 Å². The lowest BCUT2D eigenvalue weighted by Crippen LogP contribution is -2.41. The van der Waals surface area contributed by atoms with Crippen molar-refractivity contribution >= 4 is 15.9 Å². The Morgan fingerprint density at radius 3 is 2.45 bits per heavy atom. The fourth-order valence-corrected chi connectivity index (χ4v) is 3.44. The molecule has 0 unspecified atom stereocenters. The Morgan fingerprint density at radius 2 is 1.85 bits per heavy atom. The molecule has 20 heavy (non-hydrogen) atoms. The highest BCUT2D eigenvalue weighted by atomic mass is 32.2. The maximum Gasteiger partial charge on any atom is 0.239 e. The average Bonchev–Trinajstić information content (AvgIpc) is 2.41. The summed E-state index contributed by atoms with van der Waals surface area (Å²) in [7, 11) is -3.62. The fraction of sp³-hybridized carbons (Fsp3) is 0.500. The summed E-state index contributed by atoms with van der Waals surface area (Å²) in [4.78, 5) is 11.9. The first-order chi connectivity index (χ1) is 9.46. The Balaban J connectivity index is 1.96. The highest BCUT2D eigenvalue weighted by Crippen LogP contribution is 2.13. The molecule has 0 radical (unpaired) electrons. The smallest absolute Gasteiger partial charge is 0.239 e.